The smallest absolute Gasteiger partial charge is 0.239 e. The van der Waals surface area contributed by atoms with Gasteiger partial charge >= 0.3 is 0 Å². The summed E-state index contributed by atoms with van der Waals surface area (Å²) in [5, 5.41) is 20.6. The molecule has 1 atom stereocenters. The third kappa shape index (κ3) is 4.02. The number of amides is 1. The molecule has 1 amide bonds. The van der Waals surface area contributed by atoms with E-state index in [1.807, 2.05) is 49.7 Å². The van der Waals surface area contributed by atoms with E-state index in [9.17, 15) is 4.79 Å². The van der Waals surface area contributed by atoms with Crippen molar-refractivity contribution >= 4 is 34.1 Å². The van der Waals surface area contributed by atoms with Crippen LogP contribution in [0, 0.1) is 6.92 Å². The fourth-order valence-electron chi connectivity index (χ4n) is 2.20. The lowest BCUT2D eigenvalue weighted by Crippen LogP contribution is -2.22. The molecule has 0 spiro atoms. The van der Waals surface area contributed by atoms with E-state index in [0.717, 1.165) is 16.3 Å². The molecule has 0 bridgehead atoms. The van der Waals surface area contributed by atoms with E-state index in [4.69, 9.17) is 4.74 Å². The van der Waals surface area contributed by atoms with Gasteiger partial charge in [-0.05, 0) is 26.0 Å². The molecule has 0 aliphatic carbocycles. The van der Waals surface area contributed by atoms with Gasteiger partial charge in [0.1, 0.15) is 10.8 Å². The molecule has 0 saturated carbocycles. The normalized spacial score (nSPS) is 12.0. The predicted octanol–water partition coefficient (Wildman–Crippen LogP) is 2.77. The number of carbonyl (C=O) groups is 1. The van der Waals surface area contributed by atoms with E-state index in [1.165, 1.54) is 23.1 Å². The monoisotopic (exact) mass is 390 g/mol. The summed E-state index contributed by atoms with van der Waals surface area (Å²) in [7, 11) is 3.49. The van der Waals surface area contributed by atoms with Gasteiger partial charge in [-0.25, -0.2) is 0 Å². The SMILES string of the molecule is COc1cccc(-c2nnc(S[C@@H](C)C(=O)Nc3nnc(C)s3)n2C)c1. The van der Waals surface area contributed by atoms with Crippen molar-refractivity contribution in [1.82, 2.24) is 25.0 Å². The van der Waals surface area contributed by atoms with Crippen LogP contribution in [0.2, 0.25) is 0 Å². The maximum Gasteiger partial charge on any atom is 0.239 e. The number of ether oxygens (including phenoxy) is 1. The maximum atomic E-state index is 12.3. The molecule has 0 aliphatic heterocycles. The van der Waals surface area contributed by atoms with E-state index in [0.29, 0.717) is 16.1 Å². The number of rotatable bonds is 6. The average Bonchev–Trinajstić information content (AvgIpc) is 3.21. The minimum Gasteiger partial charge on any atom is -0.497 e. The van der Waals surface area contributed by atoms with Crippen LogP contribution in [0.4, 0.5) is 5.13 Å². The Hall–Kier alpha value is -2.46. The summed E-state index contributed by atoms with van der Waals surface area (Å²) in [6.45, 7) is 3.65. The fraction of sp³-hybridized carbons (Fsp3) is 0.312. The topological polar surface area (TPSA) is 94.8 Å². The molecule has 10 heteroatoms. The van der Waals surface area contributed by atoms with Gasteiger partial charge in [0.25, 0.3) is 0 Å². The Morgan fingerprint density at radius 3 is 2.81 bits per heavy atom. The lowest BCUT2D eigenvalue weighted by Gasteiger charge is -2.10. The summed E-state index contributed by atoms with van der Waals surface area (Å²) in [5.74, 6) is 1.30. The second-order valence-electron chi connectivity index (χ2n) is 5.47. The van der Waals surface area contributed by atoms with Gasteiger partial charge in [-0.15, -0.1) is 20.4 Å². The van der Waals surface area contributed by atoms with Gasteiger partial charge in [-0.2, -0.15) is 0 Å². The molecule has 0 saturated heterocycles. The van der Waals surface area contributed by atoms with E-state index < -0.39 is 0 Å². The molecule has 2 heterocycles. The van der Waals surface area contributed by atoms with Gasteiger partial charge in [0.15, 0.2) is 11.0 Å². The highest BCUT2D eigenvalue weighted by atomic mass is 32.2. The minimum atomic E-state index is -0.361. The maximum absolute atomic E-state index is 12.3. The van der Waals surface area contributed by atoms with Crippen LogP contribution >= 0.6 is 23.1 Å². The number of carbonyl (C=O) groups excluding carboxylic acids is 1. The summed E-state index contributed by atoms with van der Waals surface area (Å²) in [4.78, 5) is 12.3. The lowest BCUT2D eigenvalue weighted by atomic mass is 10.2. The highest BCUT2D eigenvalue weighted by Gasteiger charge is 2.20. The Kier molecular flexibility index (Phi) is 5.52. The molecule has 8 nitrogen and oxygen atoms in total. The van der Waals surface area contributed by atoms with Crippen molar-refractivity contribution in [2.24, 2.45) is 7.05 Å². The Morgan fingerprint density at radius 2 is 2.12 bits per heavy atom. The Morgan fingerprint density at radius 1 is 1.31 bits per heavy atom. The van der Waals surface area contributed by atoms with E-state index in [1.54, 1.807) is 7.11 Å². The van der Waals surface area contributed by atoms with Crippen molar-refractivity contribution in [3.8, 4) is 17.1 Å². The average molecular weight is 390 g/mol. The molecule has 0 radical (unpaired) electrons. The number of hydrogen-bond acceptors (Lipinski definition) is 8. The zero-order chi connectivity index (χ0) is 18.7. The van der Waals surface area contributed by atoms with Crippen LogP contribution < -0.4 is 10.1 Å². The number of aryl methyl sites for hydroxylation is 1. The molecule has 1 aromatic carbocycles. The first-order valence-electron chi connectivity index (χ1n) is 7.79. The number of hydrogen-bond donors (Lipinski definition) is 1. The molecular formula is C16H18N6O2S2. The second-order valence-corrected chi connectivity index (χ2v) is 7.96. The van der Waals surface area contributed by atoms with Crippen LogP contribution in [0.5, 0.6) is 5.75 Å². The molecule has 26 heavy (non-hydrogen) atoms. The Labute approximate surface area is 159 Å². The van der Waals surface area contributed by atoms with Crippen LogP contribution in [-0.2, 0) is 11.8 Å². The largest absolute Gasteiger partial charge is 0.497 e. The van der Waals surface area contributed by atoms with Crippen LogP contribution in [-0.4, -0.2) is 43.2 Å². The minimum absolute atomic E-state index is 0.155. The standard InChI is InChI=1S/C16H18N6O2S2/c1-9(14(23)17-15-20-18-10(2)26-15)25-16-21-19-13(22(16)3)11-6-5-7-12(8-11)24-4/h5-9H,1-4H3,(H,17,20,23)/t9-/m0/s1. The number of aromatic nitrogens is 5. The molecule has 0 aliphatic rings. The molecule has 0 fully saturated rings. The Bertz CT molecular complexity index is 923. The molecule has 3 rings (SSSR count). The first-order chi connectivity index (χ1) is 12.5. The van der Waals surface area contributed by atoms with Gasteiger partial charge in [-0.3, -0.25) is 10.1 Å². The summed E-state index contributed by atoms with van der Waals surface area (Å²) >= 11 is 2.67. The first-order valence-corrected chi connectivity index (χ1v) is 9.49. The third-order valence-corrected chi connectivity index (χ3v) is 5.46. The predicted molar refractivity (Wildman–Crippen MR) is 102 cm³/mol. The first kappa shape index (κ1) is 18.3. The van der Waals surface area contributed by atoms with Crippen molar-refractivity contribution in [2.75, 3.05) is 12.4 Å². The van der Waals surface area contributed by atoms with Crippen molar-refractivity contribution in [2.45, 2.75) is 24.3 Å². The lowest BCUT2D eigenvalue weighted by molar-refractivity contribution is -0.115. The molecule has 2 aromatic heterocycles. The highest BCUT2D eigenvalue weighted by Crippen LogP contribution is 2.28. The summed E-state index contributed by atoms with van der Waals surface area (Å²) < 4.78 is 7.11. The molecule has 0 unspecified atom stereocenters. The summed E-state index contributed by atoms with van der Waals surface area (Å²) in [6, 6.07) is 7.61. The van der Waals surface area contributed by atoms with Crippen LogP contribution in [0.1, 0.15) is 11.9 Å². The molecule has 1 N–H and O–H groups in total. The quantitative estimate of drug-likeness (QED) is 0.647. The molecule has 3 aromatic rings. The molecular weight excluding hydrogens is 372 g/mol. The number of anilines is 1. The Balaban J connectivity index is 1.72. The zero-order valence-corrected chi connectivity index (χ0v) is 16.4. The van der Waals surface area contributed by atoms with Crippen molar-refractivity contribution in [1.29, 1.82) is 0 Å². The highest BCUT2D eigenvalue weighted by molar-refractivity contribution is 8.00. The van der Waals surface area contributed by atoms with E-state index in [2.05, 4.69) is 25.7 Å². The van der Waals surface area contributed by atoms with E-state index in [-0.39, 0.29) is 11.2 Å². The van der Waals surface area contributed by atoms with Crippen molar-refractivity contribution in [3.63, 3.8) is 0 Å². The number of benzene rings is 1. The number of thioether (sulfide) groups is 1. The second kappa shape index (κ2) is 7.83. The summed E-state index contributed by atoms with van der Waals surface area (Å²) in [5.41, 5.74) is 0.896. The van der Waals surface area contributed by atoms with Gasteiger partial charge in [0.05, 0.1) is 12.4 Å². The zero-order valence-electron chi connectivity index (χ0n) is 14.8. The van der Waals surface area contributed by atoms with Crippen LogP contribution in [0.15, 0.2) is 29.4 Å². The number of nitrogens with zero attached hydrogens (tertiary/aromatic N) is 5. The van der Waals surface area contributed by atoms with Crippen LogP contribution in [0.25, 0.3) is 11.4 Å². The van der Waals surface area contributed by atoms with Gasteiger partial charge in [-0.1, -0.05) is 35.2 Å². The fourth-order valence-corrected chi connectivity index (χ4v) is 3.61. The van der Waals surface area contributed by atoms with Gasteiger partial charge in [0.2, 0.25) is 11.0 Å². The van der Waals surface area contributed by atoms with Gasteiger partial charge < -0.3 is 9.30 Å². The van der Waals surface area contributed by atoms with Gasteiger partial charge in [0, 0.05) is 12.6 Å². The van der Waals surface area contributed by atoms with Crippen molar-refractivity contribution < 1.29 is 9.53 Å². The van der Waals surface area contributed by atoms with Crippen molar-refractivity contribution in [3.05, 3.63) is 29.3 Å². The number of methoxy groups -OCH3 is 1. The van der Waals surface area contributed by atoms with Crippen LogP contribution in [0.3, 0.4) is 0 Å². The molecule has 136 valence electrons. The van der Waals surface area contributed by atoms with E-state index >= 15 is 0 Å². The third-order valence-electron chi connectivity index (χ3n) is 3.57. The summed E-state index contributed by atoms with van der Waals surface area (Å²) in [6.07, 6.45) is 0. The number of nitrogens with one attached hydrogen (secondary N) is 1.